The lowest BCUT2D eigenvalue weighted by molar-refractivity contribution is -0.120. The molecule has 1 rings (SSSR count). The van der Waals surface area contributed by atoms with Gasteiger partial charge < -0.3 is 11.1 Å². The molecule has 0 bridgehead atoms. The third-order valence-electron chi connectivity index (χ3n) is 2.56. The van der Waals surface area contributed by atoms with Gasteiger partial charge in [0.05, 0.1) is 5.25 Å². The molecule has 0 spiro atoms. The van der Waals surface area contributed by atoms with Crippen molar-refractivity contribution in [2.24, 2.45) is 5.73 Å². The van der Waals surface area contributed by atoms with Gasteiger partial charge in [0.25, 0.3) is 0 Å². The first-order chi connectivity index (χ1) is 6.74. The summed E-state index contributed by atoms with van der Waals surface area (Å²) >= 11 is 1.63. The lowest BCUT2D eigenvalue weighted by Gasteiger charge is -2.15. The fourth-order valence-electron chi connectivity index (χ4n) is 1.71. The van der Waals surface area contributed by atoms with Crippen LogP contribution >= 0.6 is 11.8 Å². The normalized spacial score (nSPS) is 19.6. The SMILES string of the molecule is CC(SCCN)C(=O)NC1CCCC1. The molecule has 1 amide bonds. The van der Waals surface area contributed by atoms with Crippen LogP contribution in [0.3, 0.4) is 0 Å². The largest absolute Gasteiger partial charge is 0.352 e. The van der Waals surface area contributed by atoms with Crippen LogP contribution in [0.2, 0.25) is 0 Å². The van der Waals surface area contributed by atoms with Gasteiger partial charge in [-0.15, -0.1) is 11.8 Å². The molecule has 0 aromatic rings. The Balaban J connectivity index is 2.18. The van der Waals surface area contributed by atoms with Crippen molar-refractivity contribution in [1.82, 2.24) is 5.32 Å². The van der Waals surface area contributed by atoms with E-state index in [2.05, 4.69) is 5.32 Å². The highest BCUT2D eigenvalue weighted by Crippen LogP contribution is 2.18. The summed E-state index contributed by atoms with van der Waals surface area (Å²) in [5, 5.41) is 3.13. The average molecular weight is 216 g/mol. The Morgan fingerprint density at radius 1 is 1.57 bits per heavy atom. The molecule has 3 N–H and O–H groups in total. The van der Waals surface area contributed by atoms with E-state index in [-0.39, 0.29) is 11.2 Å². The second-order valence-electron chi connectivity index (χ2n) is 3.79. The van der Waals surface area contributed by atoms with Gasteiger partial charge in [-0.05, 0) is 19.8 Å². The summed E-state index contributed by atoms with van der Waals surface area (Å²) in [4.78, 5) is 11.6. The van der Waals surface area contributed by atoms with Crippen LogP contribution in [0.5, 0.6) is 0 Å². The number of nitrogens with one attached hydrogen (secondary N) is 1. The number of hydrogen-bond acceptors (Lipinski definition) is 3. The zero-order chi connectivity index (χ0) is 10.4. The molecule has 0 saturated heterocycles. The molecule has 0 aromatic heterocycles. The van der Waals surface area contributed by atoms with Crippen LogP contribution in [0.4, 0.5) is 0 Å². The standard InChI is InChI=1S/C10H20N2OS/c1-8(14-7-6-11)10(13)12-9-4-2-3-5-9/h8-9H,2-7,11H2,1H3,(H,12,13). The number of carbonyl (C=O) groups excluding carboxylic acids is 1. The van der Waals surface area contributed by atoms with Gasteiger partial charge in [-0.2, -0.15) is 0 Å². The molecule has 0 aromatic carbocycles. The fraction of sp³-hybridized carbons (Fsp3) is 0.900. The second-order valence-corrected chi connectivity index (χ2v) is 5.24. The average Bonchev–Trinajstić information content (AvgIpc) is 2.66. The molecule has 3 nitrogen and oxygen atoms in total. The van der Waals surface area contributed by atoms with Crippen molar-refractivity contribution in [2.45, 2.75) is 43.9 Å². The van der Waals surface area contributed by atoms with Gasteiger partial charge in [0, 0.05) is 18.3 Å². The molecular formula is C10H20N2OS. The highest BCUT2D eigenvalue weighted by Gasteiger charge is 2.20. The molecule has 14 heavy (non-hydrogen) atoms. The van der Waals surface area contributed by atoms with E-state index in [1.54, 1.807) is 11.8 Å². The van der Waals surface area contributed by atoms with Crippen LogP contribution in [0.15, 0.2) is 0 Å². The van der Waals surface area contributed by atoms with Crippen LogP contribution in [0, 0.1) is 0 Å². The topological polar surface area (TPSA) is 55.1 Å². The molecule has 1 saturated carbocycles. The van der Waals surface area contributed by atoms with Crippen LogP contribution in [0.25, 0.3) is 0 Å². The Morgan fingerprint density at radius 3 is 2.79 bits per heavy atom. The molecule has 1 atom stereocenters. The van der Waals surface area contributed by atoms with Gasteiger partial charge in [0.15, 0.2) is 0 Å². The summed E-state index contributed by atoms with van der Waals surface area (Å²) in [5.41, 5.74) is 5.39. The number of rotatable bonds is 5. The summed E-state index contributed by atoms with van der Waals surface area (Å²) in [6, 6.07) is 0.434. The Hall–Kier alpha value is -0.220. The van der Waals surface area contributed by atoms with Gasteiger partial charge >= 0.3 is 0 Å². The van der Waals surface area contributed by atoms with Crippen molar-refractivity contribution in [2.75, 3.05) is 12.3 Å². The third-order valence-corrected chi connectivity index (χ3v) is 3.74. The third kappa shape index (κ3) is 3.88. The molecule has 4 heteroatoms. The zero-order valence-electron chi connectivity index (χ0n) is 8.79. The second kappa shape index (κ2) is 6.30. The van der Waals surface area contributed by atoms with E-state index in [4.69, 9.17) is 5.73 Å². The van der Waals surface area contributed by atoms with Gasteiger partial charge in [-0.3, -0.25) is 4.79 Å². The fourth-order valence-corrected chi connectivity index (χ4v) is 2.42. The van der Waals surface area contributed by atoms with Crippen molar-refractivity contribution in [1.29, 1.82) is 0 Å². The van der Waals surface area contributed by atoms with E-state index in [9.17, 15) is 4.79 Å². The highest BCUT2D eigenvalue weighted by molar-refractivity contribution is 8.00. The smallest absolute Gasteiger partial charge is 0.233 e. The number of thioether (sulfide) groups is 1. The van der Waals surface area contributed by atoms with Crippen molar-refractivity contribution in [3.63, 3.8) is 0 Å². The van der Waals surface area contributed by atoms with Gasteiger partial charge in [0.2, 0.25) is 5.91 Å². The van der Waals surface area contributed by atoms with Crippen LogP contribution in [-0.2, 0) is 4.79 Å². The van der Waals surface area contributed by atoms with Crippen LogP contribution in [-0.4, -0.2) is 29.5 Å². The van der Waals surface area contributed by atoms with E-state index in [0.717, 1.165) is 18.6 Å². The Labute approximate surface area is 90.2 Å². The van der Waals surface area contributed by atoms with E-state index in [0.29, 0.717) is 12.6 Å². The predicted molar refractivity (Wildman–Crippen MR) is 61.4 cm³/mol. The molecule has 1 aliphatic rings. The van der Waals surface area contributed by atoms with E-state index in [1.807, 2.05) is 6.92 Å². The molecule has 1 aliphatic carbocycles. The molecule has 1 unspecified atom stereocenters. The quantitative estimate of drug-likeness (QED) is 0.724. The van der Waals surface area contributed by atoms with Gasteiger partial charge in [-0.25, -0.2) is 0 Å². The molecule has 0 heterocycles. The van der Waals surface area contributed by atoms with Crippen molar-refractivity contribution >= 4 is 17.7 Å². The maximum Gasteiger partial charge on any atom is 0.233 e. The Bertz CT molecular complexity index is 181. The minimum absolute atomic E-state index is 0.0409. The molecule has 0 aliphatic heterocycles. The van der Waals surface area contributed by atoms with Crippen molar-refractivity contribution < 1.29 is 4.79 Å². The number of carbonyl (C=O) groups is 1. The Kier molecular flexibility index (Phi) is 5.33. The lowest BCUT2D eigenvalue weighted by atomic mass is 10.2. The first-order valence-electron chi connectivity index (χ1n) is 5.36. The van der Waals surface area contributed by atoms with Gasteiger partial charge in [-0.1, -0.05) is 12.8 Å². The molecule has 0 radical (unpaired) electrons. The summed E-state index contributed by atoms with van der Waals surface area (Å²) in [6.07, 6.45) is 4.82. The molecular weight excluding hydrogens is 196 g/mol. The highest BCUT2D eigenvalue weighted by atomic mass is 32.2. The lowest BCUT2D eigenvalue weighted by Crippen LogP contribution is -2.38. The van der Waals surface area contributed by atoms with Gasteiger partial charge in [0.1, 0.15) is 0 Å². The maximum atomic E-state index is 11.6. The predicted octanol–water partition coefficient (Wildman–Crippen LogP) is 1.13. The summed E-state index contributed by atoms with van der Waals surface area (Å²) in [6.45, 7) is 2.59. The van der Waals surface area contributed by atoms with Crippen molar-refractivity contribution in [3.05, 3.63) is 0 Å². The number of nitrogens with two attached hydrogens (primary N) is 1. The monoisotopic (exact) mass is 216 g/mol. The van der Waals surface area contributed by atoms with E-state index in [1.165, 1.54) is 12.8 Å². The Morgan fingerprint density at radius 2 is 2.21 bits per heavy atom. The van der Waals surface area contributed by atoms with Crippen LogP contribution in [0.1, 0.15) is 32.6 Å². The van der Waals surface area contributed by atoms with Crippen LogP contribution < -0.4 is 11.1 Å². The maximum absolute atomic E-state index is 11.6. The minimum atomic E-state index is 0.0409. The van der Waals surface area contributed by atoms with Crippen molar-refractivity contribution in [3.8, 4) is 0 Å². The van der Waals surface area contributed by atoms with E-state index >= 15 is 0 Å². The molecule has 1 fully saturated rings. The minimum Gasteiger partial charge on any atom is -0.352 e. The summed E-state index contributed by atoms with van der Waals surface area (Å²) < 4.78 is 0. The number of amides is 1. The first-order valence-corrected chi connectivity index (χ1v) is 6.41. The summed E-state index contributed by atoms with van der Waals surface area (Å²) in [7, 11) is 0. The zero-order valence-corrected chi connectivity index (χ0v) is 9.61. The molecule has 82 valence electrons. The first kappa shape index (κ1) is 11.9. The summed E-state index contributed by atoms with van der Waals surface area (Å²) in [5.74, 6) is 1.04. The van der Waals surface area contributed by atoms with E-state index < -0.39 is 0 Å². The number of hydrogen-bond donors (Lipinski definition) is 2.